The van der Waals surface area contributed by atoms with Gasteiger partial charge in [-0.2, -0.15) is 8.78 Å². The molecule has 152 valence electrons. The first-order valence-electron chi connectivity index (χ1n) is 8.95. The molecule has 28 heavy (non-hydrogen) atoms. The number of para-hydroxylation sites is 1. The lowest BCUT2D eigenvalue weighted by Gasteiger charge is -2.14. The van der Waals surface area contributed by atoms with E-state index >= 15 is 0 Å². The van der Waals surface area contributed by atoms with Crippen molar-refractivity contribution in [1.82, 2.24) is 0 Å². The molecule has 0 unspecified atom stereocenters. The summed E-state index contributed by atoms with van der Waals surface area (Å²) in [5, 5.41) is 3.05. The Morgan fingerprint density at radius 1 is 1.21 bits per heavy atom. The van der Waals surface area contributed by atoms with E-state index in [2.05, 4.69) is 27.2 Å². The first kappa shape index (κ1) is 22.2. The number of benzene rings is 2. The fraction of sp³-hybridized carbons (Fsp3) is 0.350. The lowest BCUT2D eigenvalue weighted by atomic mass is 10.1. The van der Waals surface area contributed by atoms with Gasteiger partial charge in [0.25, 0.3) is 0 Å². The molecule has 8 heteroatoms. The van der Waals surface area contributed by atoms with Crippen LogP contribution in [0.2, 0.25) is 0 Å². The lowest BCUT2D eigenvalue weighted by molar-refractivity contribution is -0.0520. The molecule has 1 aliphatic carbocycles. The van der Waals surface area contributed by atoms with Gasteiger partial charge in [-0.05, 0) is 55.5 Å². The number of guanidine groups is 1. The van der Waals surface area contributed by atoms with E-state index in [1.54, 1.807) is 25.1 Å². The number of fused-ring (bicyclic) bond motifs is 1. The third-order valence-electron chi connectivity index (χ3n) is 4.36. The third kappa shape index (κ3) is 5.70. The molecule has 0 aromatic heterocycles. The number of aliphatic imine (C=N–C) groups is 1. The van der Waals surface area contributed by atoms with Gasteiger partial charge in [-0.25, -0.2) is 4.99 Å². The molecule has 0 saturated carbocycles. The molecular formula is C20H24F2IN3O2. The summed E-state index contributed by atoms with van der Waals surface area (Å²) in [4.78, 5) is 4.26. The molecule has 2 aromatic rings. The number of anilines is 1. The molecule has 0 aliphatic heterocycles. The fourth-order valence-corrected chi connectivity index (χ4v) is 3.19. The molecule has 0 heterocycles. The van der Waals surface area contributed by atoms with Gasteiger partial charge in [0.2, 0.25) is 0 Å². The predicted molar refractivity (Wildman–Crippen MR) is 117 cm³/mol. The van der Waals surface area contributed by atoms with Crippen LogP contribution in [-0.2, 0) is 19.4 Å². The van der Waals surface area contributed by atoms with Gasteiger partial charge >= 0.3 is 6.61 Å². The zero-order chi connectivity index (χ0) is 19.2. The molecule has 0 radical (unpaired) electrons. The van der Waals surface area contributed by atoms with E-state index < -0.39 is 6.61 Å². The fourth-order valence-electron chi connectivity index (χ4n) is 3.19. The number of alkyl halides is 2. The Morgan fingerprint density at radius 3 is 2.75 bits per heavy atom. The summed E-state index contributed by atoms with van der Waals surface area (Å²) in [5.41, 5.74) is 10.00. The van der Waals surface area contributed by atoms with Crippen LogP contribution in [0.5, 0.6) is 11.5 Å². The van der Waals surface area contributed by atoms with Gasteiger partial charge in [0, 0.05) is 11.3 Å². The Labute approximate surface area is 180 Å². The highest BCUT2D eigenvalue weighted by atomic mass is 127. The second-order valence-electron chi connectivity index (χ2n) is 6.22. The molecule has 0 saturated heterocycles. The molecule has 0 atom stereocenters. The number of halogens is 3. The second kappa shape index (κ2) is 10.4. The standard InChI is InChI=1S/C20H23F2N3O2.HI/c1-2-26-17-8-4-7-15(18(17)27-19(21)22)12-24-20(23)25-16-10-9-13-5-3-6-14(13)11-16;/h4,7-11,19H,2-3,5-6,12H2,1H3,(H3,23,24,25);1H. The maximum Gasteiger partial charge on any atom is 0.387 e. The topological polar surface area (TPSA) is 68.9 Å². The quantitative estimate of drug-likeness (QED) is 0.326. The Hall–Kier alpha value is -2.10. The number of hydrogen-bond donors (Lipinski definition) is 2. The minimum atomic E-state index is -2.95. The second-order valence-corrected chi connectivity index (χ2v) is 6.22. The summed E-state index contributed by atoms with van der Waals surface area (Å²) in [7, 11) is 0. The Bertz CT molecular complexity index is 831. The minimum absolute atomic E-state index is 0. The molecule has 1 aliphatic rings. The van der Waals surface area contributed by atoms with Gasteiger partial charge in [0.15, 0.2) is 17.5 Å². The summed E-state index contributed by atoms with van der Waals surface area (Å²) in [6.07, 6.45) is 3.36. The van der Waals surface area contributed by atoms with Crippen LogP contribution in [0.4, 0.5) is 14.5 Å². The van der Waals surface area contributed by atoms with Gasteiger partial charge < -0.3 is 20.5 Å². The Balaban J connectivity index is 0.00000280. The smallest absolute Gasteiger partial charge is 0.387 e. The summed E-state index contributed by atoms with van der Waals surface area (Å²) >= 11 is 0. The molecule has 5 nitrogen and oxygen atoms in total. The predicted octanol–water partition coefficient (Wildman–Crippen LogP) is 4.72. The van der Waals surface area contributed by atoms with Crippen molar-refractivity contribution in [2.45, 2.75) is 39.3 Å². The van der Waals surface area contributed by atoms with Gasteiger partial charge in [0.05, 0.1) is 13.2 Å². The highest BCUT2D eigenvalue weighted by molar-refractivity contribution is 14.0. The van der Waals surface area contributed by atoms with Crippen molar-refractivity contribution >= 4 is 35.6 Å². The SMILES string of the molecule is CCOc1cccc(CN=C(N)Nc2ccc3c(c2)CCC3)c1OC(F)F.I. The molecule has 2 aromatic carbocycles. The molecule has 0 spiro atoms. The van der Waals surface area contributed by atoms with Crippen LogP contribution >= 0.6 is 24.0 Å². The summed E-state index contributed by atoms with van der Waals surface area (Å²) in [6.45, 7) is -0.743. The molecule has 0 fully saturated rings. The average Bonchev–Trinajstić information content (AvgIpc) is 3.09. The maximum absolute atomic E-state index is 12.8. The number of nitrogens with two attached hydrogens (primary N) is 1. The number of nitrogens with zero attached hydrogens (tertiary/aromatic N) is 1. The molecule has 3 N–H and O–H groups in total. The van der Waals surface area contributed by atoms with Crippen molar-refractivity contribution in [3.63, 3.8) is 0 Å². The molecule has 0 bridgehead atoms. The highest BCUT2D eigenvalue weighted by Crippen LogP contribution is 2.33. The first-order chi connectivity index (χ1) is 13.1. The molecule has 0 amide bonds. The highest BCUT2D eigenvalue weighted by Gasteiger charge is 2.16. The van der Waals surface area contributed by atoms with Crippen LogP contribution in [0.3, 0.4) is 0 Å². The zero-order valence-electron chi connectivity index (χ0n) is 15.6. The van der Waals surface area contributed by atoms with Crippen molar-refractivity contribution < 1.29 is 18.3 Å². The Morgan fingerprint density at radius 2 is 2.00 bits per heavy atom. The number of aryl methyl sites for hydroxylation is 2. The van der Waals surface area contributed by atoms with Crippen molar-refractivity contribution in [1.29, 1.82) is 0 Å². The van der Waals surface area contributed by atoms with Crippen molar-refractivity contribution in [2.24, 2.45) is 10.7 Å². The van der Waals surface area contributed by atoms with E-state index in [0.717, 1.165) is 18.5 Å². The van der Waals surface area contributed by atoms with Crippen molar-refractivity contribution in [3.8, 4) is 11.5 Å². The van der Waals surface area contributed by atoms with Crippen LogP contribution in [0, 0.1) is 0 Å². The summed E-state index contributed by atoms with van der Waals surface area (Å²) in [6, 6.07) is 11.1. The minimum Gasteiger partial charge on any atom is -0.490 e. The van der Waals surface area contributed by atoms with Gasteiger partial charge in [0.1, 0.15) is 0 Å². The van der Waals surface area contributed by atoms with Crippen LogP contribution in [-0.4, -0.2) is 19.2 Å². The van der Waals surface area contributed by atoms with Crippen LogP contribution in [0.25, 0.3) is 0 Å². The number of rotatable bonds is 7. The Kier molecular flexibility index (Phi) is 8.28. The van der Waals surface area contributed by atoms with E-state index in [4.69, 9.17) is 10.5 Å². The van der Waals surface area contributed by atoms with Crippen LogP contribution < -0.4 is 20.5 Å². The van der Waals surface area contributed by atoms with Crippen molar-refractivity contribution in [3.05, 3.63) is 53.1 Å². The van der Waals surface area contributed by atoms with Gasteiger partial charge in [-0.15, -0.1) is 24.0 Å². The summed E-state index contributed by atoms with van der Waals surface area (Å²) in [5.74, 6) is 0.455. The number of ether oxygens (including phenoxy) is 2. The van der Waals surface area contributed by atoms with E-state index in [0.29, 0.717) is 12.2 Å². The van der Waals surface area contributed by atoms with Gasteiger partial charge in [-0.1, -0.05) is 18.2 Å². The molecule has 3 rings (SSSR count). The monoisotopic (exact) mass is 503 g/mol. The average molecular weight is 503 g/mol. The first-order valence-corrected chi connectivity index (χ1v) is 8.95. The van der Waals surface area contributed by atoms with E-state index in [1.807, 2.05) is 6.07 Å². The van der Waals surface area contributed by atoms with E-state index in [-0.39, 0.29) is 48.0 Å². The van der Waals surface area contributed by atoms with Crippen LogP contribution in [0.15, 0.2) is 41.4 Å². The van der Waals surface area contributed by atoms with Crippen LogP contribution in [0.1, 0.15) is 30.0 Å². The normalized spacial score (nSPS) is 13.1. The number of nitrogens with one attached hydrogen (secondary N) is 1. The van der Waals surface area contributed by atoms with E-state index in [9.17, 15) is 8.78 Å². The van der Waals surface area contributed by atoms with E-state index in [1.165, 1.54) is 17.5 Å². The molecular weight excluding hydrogens is 479 g/mol. The maximum atomic E-state index is 12.8. The zero-order valence-corrected chi connectivity index (χ0v) is 17.9. The number of hydrogen-bond acceptors (Lipinski definition) is 3. The lowest BCUT2D eigenvalue weighted by Crippen LogP contribution is -2.22. The largest absolute Gasteiger partial charge is 0.490 e. The van der Waals surface area contributed by atoms with Gasteiger partial charge in [-0.3, -0.25) is 0 Å². The third-order valence-corrected chi connectivity index (χ3v) is 4.36. The van der Waals surface area contributed by atoms with Crippen molar-refractivity contribution in [2.75, 3.05) is 11.9 Å². The summed E-state index contributed by atoms with van der Waals surface area (Å²) < 4.78 is 35.5.